The van der Waals surface area contributed by atoms with Crippen LogP contribution in [0.5, 0.6) is 5.75 Å². The fourth-order valence-electron chi connectivity index (χ4n) is 4.30. The lowest BCUT2D eigenvalue weighted by molar-refractivity contribution is 0.413. The van der Waals surface area contributed by atoms with Gasteiger partial charge in [0.2, 0.25) is 0 Å². The first-order chi connectivity index (χ1) is 17.8. The van der Waals surface area contributed by atoms with E-state index < -0.39 is 9.84 Å². The van der Waals surface area contributed by atoms with Crippen molar-refractivity contribution in [2.75, 3.05) is 7.11 Å². The van der Waals surface area contributed by atoms with E-state index in [1.807, 2.05) is 43.3 Å². The molecule has 2 aromatic heterocycles. The van der Waals surface area contributed by atoms with E-state index in [4.69, 9.17) is 16.3 Å². The van der Waals surface area contributed by atoms with E-state index in [1.165, 1.54) is 29.1 Å². The minimum Gasteiger partial charge on any atom is -0.495 e. The topological polar surface area (TPSA) is 91.2 Å². The molecule has 0 radical (unpaired) electrons. The van der Waals surface area contributed by atoms with E-state index in [2.05, 4.69) is 9.97 Å². The molecular formula is C28H22ClN3O4S. The largest absolute Gasteiger partial charge is 0.495 e. The van der Waals surface area contributed by atoms with Gasteiger partial charge in [0, 0.05) is 28.9 Å². The molecule has 0 atom stereocenters. The lowest BCUT2D eigenvalue weighted by atomic mass is 9.99. The second-order valence-electron chi connectivity index (χ2n) is 8.50. The zero-order chi connectivity index (χ0) is 26.2. The summed E-state index contributed by atoms with van der Waals surface area (Å²) in [5.74, 6) is 0.387. The molecule has 0 bridgehead atoms. The first-order valence-electron chi connectivity index (χ1n) is 11.4. The number of pyridine rings is 1. The second kappa shape index (κ2) is 9.80. The quantitative estimate of drug-likeness (QED) is 0.292. The van der Waals surface area contributed by atoms with Crippen molar-refractivity contribution in [2.45, 2.75) is 17.6 Å². The predicted octanol–water partition coefficient (Wildman–Crippen LogP) is 5.39. The Hall–Kier alpha value is -4.01. The highest BCUT2D eigenvalue weighted by molar-refractivity contribution is 7.90. The van der Waals surface area contributed by atoms with Gasteiger partial charge in [-0.15, -0.1) is 0 Å². The van der Waals surface area contributed by atoms with Crippen molar-refractivity contribution in [3.63, 3.8) is 0 Å². The number of aromatic nitrogens is 3. The van der Waals surface area contributed by atoms with Gasteiger partial charge in [-0.2, -0.15) is 0 Å². The van der Waals surface area contributed by atoms with Crippen LogP contribution in [0.15, 0.2) is 94.9 Å². The maximum absolute atomic E-state index is 13.1. The van der Waals surface area contributed by atoms with E-state index in [0.717, 1.165) is 16.7 Å². The number of ether oxygens (including phenoxy) is 1. The molecule has 7 nitrogen and oxygen atoms in total. The highest BCUT2D eigenvalue weighted by atomic mass is 35.5. The minimum atomic E-state index is -3.70. The number of hydrogen-bond acceptors (Lipinski definition) is 6. The SMILES string of the molecule is COc1cc(-c2cccc(Cl)c2)c(C)cc1-n1c(=O)ccc2cc(S(=O)(=O)Cc3ncccn3)ccc21. The Kier molecular flexibility index (Phi) is 6.54. The molecule has 0 amide bonds. The second-order valence-corrected chi connectivity index (χ2v) is 10.9. The normalized spacial score (nSPS) is 11.5. The summed E-state index contributed by atoms with van der Waals surface area (Å²) in [5.41, 5.74) is 3.61. The van der Waals surface area contributed by atoms with Crippen LogP contribution in [0.3, 0.4) is 0 Å². The highest BCUT2D eigenvalue weighted by Crippen LogP contribution is 2.35. The molecular weight excluding hydrogens is 510 g/mol. The number of nitrogens with zero attached hydrogens (tertiary/aromatic N) is 3. The van der Waals surface area contributed by atoms with Gasteiger partial charge in [0.1, 0.15) is 17.3 Å². The number of sulfone groups is 1. The van der Waals surface area contributed by atoms with Crippen molar-refractivity contribution in [1.82, 2.24) is 14.5 Å². The standard InChI is InChI=1S/C28H22ClN3O4S/c1-18-13-25(26(36-2)16-23(18)19-5-3-6-21(29)14-19)32-24-9-8-22(15-20(24)7-10-28(32)33)37(34,35)17-27-30-11-4-12-31-27/h3-16H,17H2,1-2H3. The molecule has 0 unspecified atom stereocenters. The Morgan fingerprint density at radius 2 is 1.73 bits per heavy atom. The van der Waals surface area contributed by atoms with Gasteiger partial charge < -0.3 is 4.74 Å². The maximum Gasteiger partial charge on any atom is 0.255 e. The first-order valence-corrected chi connectivity index (χ1v) is 13.4. The minimum absolute atomic E-state index is 0.122. The molecule has 0 saturated heterocycles. The molecule has 0 aliphatic carbocycles. The zero-order valence-electron chi connectivity index (χ0n) is 20.1. The van der Waals surface area contributed by atoms with Gasteiger partial charge in [0.15, 0.2) is 9.84 Å². The van der Waals surface area contributed by atoms with Crippen LogP contribution in [0.1, 0.15) is 11.4 Å². The summed E-state index contributed by atoms with van der Waals surface area (Å²) < 4.78 is 33.3. The van der Waals surface area contributed by atoms with Crippen molar-refractivity contribution >= 4 is 32.3 Å². The van der Waals surface area contributed by atoms with E-state index in [-0.39, 0.29) is 22.0 Å². The maximum atomic E-state index is 13.1. The molecule has 186 valence electrons. The fraction of sp³-hybridized carbons (Fsp3) is 0.107. The molecule has 0 aliphatic heterocycles. The predicted molar refractivity (Wildman–Crippen MR) is 144 cm³/mol. The molecule has 37 heavy (non-hydrogen) atoms. The average Bonchev–Trinajstić information content (AvgIpc) is 2.88. The van der Waals surface area contributed by atoms with Crippen LogP contribution in [0.4, 0.5) is 0 Å². The first kappa shape index (κ1) is 24.7. The van der Waals surface area contributed by atoms with E-state index in [0.29, 0.717) is 27.4 Å². The Morgan fingerprint density at radius 1 is 0.946 bits per heavy atom. The Labute approximate surface area is 218 Å². The average molecular weight is 532 g/mol. The van der Waals surface area contributed by atoms with Crippen LogP contribution >= 0.6 is 11.6 Å². The number of fused-ring (bicyclic) bond motifs is 1. The summed E-state index contributed by atoms with van der Waals surface area (Å²) in [4.78, 5) is 21.3. The lowest BCUT2D eigenvalue weighted by Crippen LogP contribution is -2.18. The summed E-state index contributed by atoms with van der Waals surface area (Å²) in [7, 11) is -2.16. The Balaban J connectivity index is 1.63. The molecule has 0 fully saturated rings. The van der Waals surface area contributed by atoms with Crippen LogP contribution in [0, 0.1) is 6.92 Å². The van der Waals surface area contributed by atoms with Crippen LogP contribution < -0.4 is 10.3 Å². The number of hydrogen-bond donors (Lipinski definition) is 0. The van der Waals surface area contributed by atoms with Crippen LogP contribution in [0.25, 0.3) is 27.7 Å². The molecule has 0 spiro atoms. The Morgan fingerprint density at radius 3 is 2.46 bits per heavy atom. The van der Waals surface area contributed by atoms with Crippen LogP contribution in [-0.2, 0) is 15.6 Å². The molecule has 9 heteroatoms. The van der Waals surface area contributed by atoms with Crippen LogP contribution in [-0.4, -0.2) is 30.1 Å². The summed E-state index contributed by atoms with van der Waals surface area (Å²) >= 11 is 6.20. The smallest absolute Gasteiger partial charge is 0.255 e. The van der Waals surface area contributed by atoms with Gasteiger partial charge in [0.05, 0.1) is 23.2 Å². The van der Waals surface area contributed by atoms with Gasteiger partial charge in [-0.25, -0.2) is 18.4 Å². The molecule has 0 N–H and O–H groups in total. The van der Waals surface area contributed by atoms with Crippen molar-refractivity contribution in [1.29, 1.82) is 0 Å². The molecule has 0 saturated carbocycles. The van der Waals surface area contributed by atoms with Gasteiger partial charge in [0.25, 0.3) is 5.56 Å². The van der Waals surface area contributed by atoms with Crippen molar-refractivity contribution < 1.29 is 13.2 Å². The molecule has 5 aromatic rings. The van der Waals surface area contributed by atoms with Gasteiger partial charge in [-0.1, -0.05) is 23.7 Å². The van der Waals surface area contributed by atoms with Crippen molar-refractivity contribution in [3.8, 4) is 22.6 Å². The highest BCUT2D eigenvalue weighted by Gasteiger charge is 2.20. The number of rotatable bonds is 6. The third-order valence-corrected chi connectivity index (χ3v) is 7.91. The molecule has 2 heterocycles. The number of halogens is 1. The summed E-state index contributed by atoms with van der Waals surface area (Å²) in [6.45, 7) is 1.95. The van der Waals surface area contributed by atoms with E-state index >= 15 is 0 Å². The van der Waals surface area contributed by atoms with Gasteiger partial charge in [-0.3, -0.25) is 9.36 Å². The monoisotopic (exact) mass is 531 g/mol. The molecule has 3 aromatic carbocycles. The lowest BCUT2D eigenvalue weighted by Gasteiger charge is -2.17. The molecule has 0 aliphatic rings. The van der Waals surface area contributed by atoms with Crippen molar-refractivity contribution in [3.05, 3.63) is 112 Å². The number of aryl methyl sites for hydroxylation is 1. The van der Waals surface area contributed by atoms with Crippen molar-refractivity contribution in [2.24, 2.45) is 0 Å². The van der Waals surface area contributed by atoms with Gasteiger partial charge >= 0.3 is 0 Å². The molecule has 5 rings (SSSR count). The summed E-state index contributed by atoms with van der Waals surface area (Å²) in [6.07, 6.45) is 3.01. The number of benzene rings is 3. The third kappa shape index (κ3) is 4.85. The van der Waals surface area contributed by atoms with Crippen LogP contribution in [0.2, 0.25) is 5.02 Å². The fourth-order valence-corrected chi connectivity index (χ4v) is 5.73. The van der Waals surface area contributed by atoms with E-state index in [1.54, 1.807) is 31.4 Å². The Bertz CT molecular complexity index is 1800. The third-order valence-electron chi connectivity index (χ3n) is 6.07. The number of methoxy groups -OCH3 is 1. The zero-order valence-corrected chi connectivity index (χ0v) is 21.6. The van der Waals surface area contributed by atoms with E-state index in [9.17, 15) is 13.2 Å². The summed E-state index contributed by atoms with van der Waals surface area (Å²) in [5, 5.41) is 1.21. The van der Waals surface area contributed by atoms with Gasteiger partial charge in [-0.05, 0) is 78.2 Å². The summed E-state index contributed by atoms with van der Waals surface area (Å²) in [6, 6.07) is 20.6.